The molecule has 0 aromatic rings. The van der Waals surface area contributed by atoms with Crippen molar-refractivity contribution in [1.82, 2.24) is 74.0 Å². The van der Waals surface area contributed by atoms with E-state index in [9.17, 15) is 131 Å². The van der Waals surface area contributed by atoms with Gasteiger partial charge in [0.25, 0.3) is 0 Å². The molecule has 17 atom stereocenters. The van der Waals surface area contributed by atoms with Gasteiger partial charge < -0.3 is 126 Å². The summed E-state index contributed by atoms with van der Waals surface area (Å²) in [7, 11) is -5.56. The molecule has 1 fully saturated rings. The van der Waals surface area contributed by atoms with Gasteiger partial charge in [0, 0.05) is 13.0 Å². The van der Waals surface area contributed by atoms with E-state index in [1.54, 1.807) is 47.8 Å². The van der Waals surface area contributed by atoms with Crippen LogP contribution in [0.3, 0.4) is 0 Å². The number of primary amides is 1. The Morgan fingerprint density at radius 3 is 1.32 bits per heavy atom. The molecule has 0 aromatic heterocycles. The molecule has 0 unspecified atom stereocenters. The van der Waals surface area contributed by atoms with E-state index < -0.39 is 280 Å². The second-order valence-corrected chi connectivity index (χ2v) is 30.4. The van der Waals surface area contributed by atoms with Crippen molar-refractivity contribution in [3.05, 3.63) is 0 Å². The minimum Gasteiger partial charge on any atom is -0.481 e. The van der Waals surface area contributed by atoms with Crippen LogP contribution in [0.1, 0.15) is 147 Å². The smallest absolute Gasteiger partial charge is 0.469 e. The molecule has 1 heterocycles. The number of nitrogens with zero attached hydrogens (tertiary/aromatic N) is 1. The molecule has 0 bridgehead atoms. The number of aliphatic hydroxyl groups is 2. The van der Waals surface area contributed by atoms with E-state index in [0.29, 0.717) is 0 Å². The summed E-state index contributed by atoms with van der Waals surface area (Å²) in [5.74, 6) is -25.8. The molecule has 113 heavy (non-hydrogen) atoms. The fourth-order valence-corrected chi connectivity index (χ4v) is 11.7. The Kier molecular flexibility index (Phi) is 43.9. The lowest BCUT2D eigenvalue weighted by Crippen LogP contribution is -2.62. The lowest BCUT2D eigenvalue weighted by Gasteiger charge is -2.31. The number of carbonyl (C=O) groups excluding carboxylic acids is 15. The first-order chi connectivity index (χ1) is 52.4. The topological polar surface area (TPSA) is 724 Å². The third-order valence-corrected chi connectivity index (χ3v) is 18.4. The quantitative estimate of drug-likeness (QED) is 0.0252. The number of hydrogen-bond acceptors (Lipinski definition) is 25. The van der Waals surface area contributed by atoms with Gasteiger partial charge in [0.05, 0.1) is 38.6 Å². The lowest BCUT2D eigenvalue weighted by molar-refractivity contribution is -0.147. The van der Waals surface area contributed by atoms with Gasteiger partial charge >= 0.3 is 31.7 Å². The summed E-state index contributed by atoms with van der Waals surface area (Å²) in [5.41, 5.74) is 11.0. The Morgan fingerprint density at radius 1 is 0.496 bits per heavy atom. The number of thioether (sulfide) groups is 1. The van der Waals surface area contributed by atoms with Gasteiger partial charge in [-0.3, -0.25) is 90.8 Å². The summed E-state index contributed by atoms with van der Waals surface area (Å²) in [5, 5.41) is 88.0. The zero-order chi connectivity index (χ0) is 86.8. The predicted molar refractivity (Wildman–Crippen MR) is 395 cm³/mol. The van der Waals surface area contributed by atoms with Crippen molar-refractivity contribution in [2.24, 2.45) is 35.1 Å². The second-order valence-electron chi connectivity index (χ2n) is 28.2. The standard InChI is InChI=1S/C66H111N16O29PS/c1-13-31(8)50(80-54(94)35(67)26-83)63(103)76-40(23-46(86)87)59(99)71-37(18-20-113-12)56(96)79-49(30(6)7)62(102)75-41(24-47(88)89)60(100)78-43(27-111-112(108,109)110)65(105)82-19-14-15-44(82)61(101)72-36(16-17-45(68)85)55(95)73-38(21-28(2)3)57(97)70-33(10)53(93)81-51(34(11)84)64(104)74-39(22-29(4)5)58(98)69-32(9)52(92)77-42(66(106)107)25-48(90)91/h28-44,49-51,83-84H,13-27,67H2,1-12H3,(H2,68,85)(H,69,98)(H,70,97)(H,71,99)(H,72,101)(H,73,95)(H,74,104)(H,75,102)(H,76,103)(H,77,92)(H,78,100)(H,79,96)(H,80,94)(H,81,93)(H,86,87)(H,88,89)(H,90,91)(H,106,107)(H2,108,109,110)/t31-,32-,33-,34+,35-,36-,37-,38-,39-,40-,41-,42-,43-,44-,49-,50-,51-/m0/s1. The fraction of sp³-hybridized carbons (Fsp3) is 0.712. The minimum absolute atomic E-state index is 0.00778. The monoisotopic (exact) mass is 1650 g/mol. The maximum Gasteiger partial charge on any atom is 0.469 e. The number of amides is 15. The van der Waals surface area contributed by atoms with Crippen molar-refractivity contribution in [3.63, 3.8) is 0 Å². The van der Waals surface area contributed by atoms with Crippen molar-refractivity contribution in [2.45, 2.75) is 244 Å². The number of nitrogens with one attached hydrogen (secondary N) is 13. The maximum absolute atomic E-state index is 14.6. The number of phosphoric acid groups is 1. The van der Waals surface area contributed by atoms with E-state index >= 15 is 0 Å². The van der Waals surface area contributed by atoms with Gasteiger partial charge in [0.15, 0.2) is 0 Å². The van der Waals surface area contributed by atoms with E-state index in [2.05, 4.69) is 68.3 Å². The molecule has 0 aromatic carbocycles. The molecule has 1 aliphatic rings. The highest BCUT2D eigenvalue weighted by atomic mass is 32.2. The Balaban J connectivity index is 3.58. The van der Waals surface area contributed by atoms with Crippen molar-refractivity contribution in [3.8, 4) is 0 Å². The van der Waals surface area contributed by atoms with Crippen LogP contribution in [-0.4, -0.2) is 286 Å². The molecule has 0 aliphatic carbocycles. The van der Waals surface area contributed by atoms with Crippen LogP contribution in [0, 0.1) is 23.7 Å². The Bertz CT molecular complexity index is 3440. The number of carboxylic acids is 4. The van der Waals surface area contributed by atoms with Crippen molar-refractivity contribution >= 4 is 132 Å². The molecule has 25 N–H and O–H groups in total. The van der Waals surface area contributed by atoms with Crippen molar-refractivity contribution in [2.75, 3.05) is 31.8 Å². The first-order valence-electron chi connectivity index (χ1n) is 36.1. The highest BCUT2D eigenvalue weighted by Gasteiger charge is 2.43. The zero-order valence-electron chi connectivity index (χ0n) is 64.8. The molecule has 0 spiro atoms. The highest BCUT2D eigenvalue weighted by molar-refractivity contribution is 7.98. The summed E-state index contributed by atoms with van der Waals surface area (Å²) < 4.78 is 16.7. The first kappa shape index (κ1) is 101. The molecule has 15 amide bonds. The third-order valence-electron chi connectivity index (χ3n) is 17.3. The number of likely N-dealkylation sites (tertiary alicyclic amines) is 1. The van der Waals surface area contributed by atoms with E-state index in [1.165, 1.54) is 25.6 Å². The van der Waals surface area contributed by atoms with Gasteiger partial charge in [-0.25, -0.2) is 9.36 Å². The number of phosphoric ester groups is 1. The SMILES string of the molecule is CC[C@H](C)[C@H](NC(=O)[C@@H](N)CO)C(=O)N[C@@H](CC(=O)O)C(=O)N[C@@H](CCSC)C(=O)N[C@H](C(=O)N[C@@H](CC(=O)O)C(=O)N[C@@H](COP(=O)(O)O)C(=O)N1CCC[C@H]1C(=O)N[C@@H](CCC(N)=O)C(=O)N[C@@H](CC(C)C)C(=O)N[C@@H](C)C(=O)N[C@H](C(=O)N[C@@H](CC(C)C)C(=O)N[C@@H](C)C(=O)N[C@@H](CC(=O)O)C(=O)O)[C@@H](C)O)C(C)C. The van der Waals surface area contributed by atoms with Crippen molar-refractivity contribution in [1.29, 1.82) is 0 Å². The van der Waals surface area contributed by atoms with Crippen LogP contribution in [0.25, 0.3) is 0 Å². The number of aliphatic carboxylic acids is 4. The molecule has 1 saturated heterocycles. The zero-order valence-corrected chi connectivity index (χ0v) is 66.5. The second kappa shape index (κ2) is 49.0. The number of carbonyl (C=O) groups is 19. The van der Waals surface area contributed by atoms with Crippen LogP contribution in [0.2, 0.25) is 0 Å². The molecule has 640 valence electrons. The number of nitrogens with two attached hydrogens (primary N) is 2. The number of aliphatic hydroxyl groups excluding tert-OH is 2. The maximum atomic E-state index is 14.6. The minimum atomic E-state index is -5.56. The first-order valence-corrected chi connectivity index (χ1v) is 39.0. The van der Waals surface area contributed by atoms with Gasteiger partial charge in [0.1, 0.15) is 90.6 Å². The third kappa shape index (κ3) is 36.7. The number of carboxylic acid groups (broad SMARTS) is 4. The summed E-state index contributed by atoms with van der Waals surface area (Å²) in [6, 6.07) is -25.7. The van der Waals surface area contributed by atoms with E-state index in [-0.39, 0.29) is 56.7 Å². The summed E-state index contributed by atoms with van der Waals surface area (Å²) in [4.78, 5) is 273. The van der Waals surface area contributed by atoms with Gasteiger partial charge in [-0.1, -0.05) is 61.8 Å². The summed E-state index contributed by atoms with van der Waals surface area (Å²) >= 11 is 1.19. The van der Waals surface area contributed by atoms with Gasteiger partial charge in [-0.05, 0) is 95.0 Å². The largest absolute Gasteiger partial charge is 0.481 e. The molecular formula is C66H111N16O29PS. The summed E-state index contributed by atoms with van der Waals surface area (Å²) in [6.07, 6.45) is -4.99. The normalized spacial score (nSPS) is 17.0. The molecule has 1 rings (SSSR count). The number of rotatable bonds is 52. The average molecular weight is 1660 g/mol. The highest BCUT2D eigenvalue weighted by Crippen LogP contribution is 2.36. The van der Waals surface area contributed by atoms with Crippen LogP contribution >= 0.6 is 19.6 Å². The molecular weight excluding hydrogens is 1540 g/mol. The molecule has 1 aliphatic heterocycles. The van der Waals surface area contributed by atoms with Crippen LogP contribution in [0.15, 0.2) is 0 Å². The summed E-state index contributed by atoms with van der Waals surface area (Å²) in [6.45, 7) is 13.4. The molecule has 0 saturated carbocycles. The van der Waals surface area contributed by atoms with E-state index in [4.69, 9.17) is 16.6 Å². The van der Waals surface area contributed by atoms with Crippen molar-refractivity contribution < 1.29 is 141 Å². The number of hydrogen-bond donors (Lipinski definition) is 23. The molecule has 47 heteroatoms. The predicted octanol–water partition coefficient (Wildman–Crippen LogP) is -7.55. The fourth-order valence-electron chi connectivity index (χ4n) is 10.9. The Morgan fingerprint density at radius 2 is 0.885 bits per heavy atom. The Labute approximate surface area is 654 Å². The van der Waals surface area contributed by atoms with Crippen LogP contribution in [0.5, 0.6) is 0 Å². The van der Waals surface area contributed by atoms with E-state index in [1.807, 2.05) is 5.32 Å². The average Bonchev–Trinajstić information content (AvgIpc) is 1.73. The van der Waals surface area contributed by atoms with Gasteiger partial charge in [-0.15, -0.1) is 0 Å². The Hall–Kier alpha value is -9.73. The van der Waals surface area contributed by atoms with Crippen LogP contribution in [0.4, 0.5) is 0 Å². The van der Waals surface area contributed by atoms with E-state index in [0.717, 1.165) is 25.7 Å². The van der Waals surface area contributed by atoms with Gasteiger partial charge in [0.2, 0.25) is 88.6 Å². The molecule has 45 nitrogen and oxygen atoms in total. The van der Waals surface area contributed by atoms with Gasteiger partial charge in [-0.2, -0.15) is 11.8 Å². The lowest BCUT2D eigenvalue weighted by atomic mass is 9.97. The van der Waals surface area contributed by atoms with Crippen LogP contribution in [-0.2, 0) is 100 Å². The van der Waals surface area contributed by atoms with Crippen LogP contribution < -0.4 is 80.6 Å². The molecule has 0 radical (unpaired) electrons.